The van der Waals surface area contributed by atoms with Gasteiger partial charge in [0, 0.05) is 37.4 Å². The van der Waals surface area contributed by atoms with E-state index in [2.05, 4.69) is 29.7 Å². The summed E-state index contributed by atoms with van der Waals surface area (Å²) < 4.78 is 12.1. The van der Waals surface area contributed by atoms with E-state index in [1.807, 2.05) is 67.6 Å². The molecule has 0 aromatic heterocycles. The number of hydrogen-bond acceptors (Lipinski definition) is 5. The molecular formula is C32H33N3O3. The first-order valence-electron chi connectivity index (χ1n) is 12.9. The van der Waals surface area contributed by atoms with Crippen LogP contribution in [0.15, 0.2) is 91.0 Å². The molecule has 0 bridgehead atoms. The highest BCUT2D eigenvalue weighted by atomic mass is 16.5. The molecule has 6 heteroatoms. The van der Waals surface area contributed by atoms with E-state index < -0.39 is 0 Å². The molecule has 6 nitrogen and oxygen atoms in total. The van der Waals surface area contributed by atoms with Gasteiger partial charge in [-0.05, 0) is 54.8 Å². The minimum atomic E-state index is -0.257. The van der Waals surface area contributed by atoms with Crippen molar-refractivity contribution in [2.75, 3.05) is 37.7 Å². The second-order valence-electron chi connectivity index (χ2n) is 8.99. The van der Waals surface area contributed by atoms with Crippen molar-refractivity contribution in [3.05, 3.63) is 108 Å². The fraction of sp³-hybridized carbons (Fsp3) is 0.250. The number of carbonyl (C=O) groups excluding carboxylic acids is 1. The van der Waals surface area contributed by atoms with Gasteiger partial charge in [-0.15, -0.1) is 6.58 Å². The maximum absolute atomic E-state index is 13.3. The maximum atomic E-state index is 13.3. The number of piperazine rings is 1. The van der Waals surface area contributed by atoms with Gasteiger partial charge in [-0.1, -0.05) is 54.6 Å². The molecule has 1 saturated heterocycles. The van der Waals surface area contributed by atoms with Gasteiger partial charge >= 0.3 is 0 Å². The van der Waals surface area contributed by atoms with Crippen molar-refractivity contribution >= 4 is 17.7 Å². The number of rotatable bonds is 10. The van der Waals surface area contributed by atoms with Crippen LogP contribution in [0.3, 0.4) is 0 Å². The maximum Gasteiger partial charge on any atom is 0.264 e. The van der Waals surface area contributed by atoms with Crippen LogP contribution < -0.4 is 14.4 Å². The van der Waals surface area contributed by atoms with Crippen molar-refractivity contribution in [2.24, 2.45) is 0 Å². The molecule has 194 valence electrons. The third-order valence-electron chi connectivity index (χ3n) is 6.39. The average molecular weight is 508 g/mol. The summed E-state index contributed by atoms with van der Waals surface area (Å²) in [5.41, 5.74) is 3.89. The molecule has 0 aliphatic carbocycles. The van der Waals surface area contributed by atoms with E-state index in [9.17, 15) is 10.1 Å². The Morgan fingerprint density at radius 2 is 1.68 bits per heavy atom. The Hall–Kier alpha value is -4.50. The molecule has 3 aromatic rings. The summed E-state index contributed by atoms with van der Waals surface area (Å²) in [4.78, 5) is 17.3. The molecule has 0 saturated carbocycles. The lowest BCUT2D eigenvalue weighted by molar-refractivity contribution is -0.126. The summed E-state index contributed by atoms with van der Waals surface area (Å²) in [7, 11) is 0. The number of anilines is 1. The van der Waals surface area contributed by atoms with Crippen LogP contribution in [0.5, 0.6) is 11.5 Å². The highest BCUT2D eigenvalue weighted by molar-refractivity contribution is 6.02. The third-order valence-corrected chi connectivity index (χ3v) is 6.39. The van der Waals surface area contributed by atoms with E-state index in [1.165, 1.54) is 0 Å². The minimum Gasteiger partial charge on any atom is -0.490 e. The summed E-state index contributed by atoms with van der Waals surface area (Å²) in [5.74, 6) is 0.970. The fourth-order valence-electron chi connectivity index (χ4n) is 4.52. The standard InChI is InChI=1S/C32H33N3O3/c1-3-11-27-20-26(22-30(37-4-2)31(27)38-24-25-12-7-5-8-13-25)21-28(23-33)32(36)35-18-16-34(17-19-35)29-14-9-6-10-15-29/h3,5-10,12-15,20-22H,1,4,11,16-19,24H2,2H3/b28-21-. The lowest BCUT2D eigenvalue weighted by Gasteiger charge is -2.36. The highest BCUT2D eigenvalue weighted by Gasteiger charge is 2.24. The zero-order valence-electron chi connectivity index (χ0n) is 21.8. The van der Waals surface area contributed by atoms with Gasteiger partial charge in [-0.25, -0.2) is 0 Å². The average Bonchev–Trinajstić information content (AvgIpc) is 2.96. The number of ether oxygens (including phenoxy) is 2. The predicted molar refractivity (Wildman–Crippen MR) is 151 cm³/mol. The minimum absolute atomic E-state index is 0.100. The van der Waals surface area contributed by atoms with Gasteiger partial charge in [0.1, 0.15) is 18.2 Å². The third kappa shape index (κ3) is 6.63. The number of carbonyl (C=O) groups is 1. The molecule has 0 N–H and O–H groups in total. The van der Waals surface area contributed by atoms with E-state index in [0.717, 1.165) is 29.9 Å². The van der Waals surface area contributed by atoms with E-state index >= 15 is 0 Å². The highest BCUT2D eigenvalue weighted by Crippen LogP contribution is 2.35. The van der Waals surface area contributed by atoms with Crippen molar-refractivity contribution in [1.29, 1.82) is 5.26 Å². The lowest BCUT2D eigenvalue weighted by atomic mass is 10.0. The molecular weight excluding hydrogens is 474 g/mol. The number of hydrogen-bond donors (Lipinski definition) is 0. The Balaban J connectivity index is 1.54. The van der Waals surface area contributed by atoms with Gasteiger partial charge in [0.2, 0.25) is 0 Å². The van der Waals surface area contributed by atoms with E-state index in [-0.39, 0.29) is 11.5 Å². The Labute approximate surface area is 225 Å². The number of nitrogens with zero attached hydrogens (tertiary/aromatic N) is 3. The van der Waals surface area contributed by atoms with Crippen molar-refractivity contribution < 1.29 is 14.3 Å². The van der Waals surface area contributed by atoms with Crippen LogP contribution in [0.4, 0.5) is 5.69 Å². The zero-order chi connectivity index (χ0) is 26.7. The molecule has 0 radical (unpaired) electrons. The lowest BCUT2D eigenvalue weighted by Crippen LogP contribution is -2.49. The summed E-state index contributed by atoms with van der Waals surface area (Å²) in [6.45, 7) is 9.22. The Morgan fingerprint density at radius 3 is 2.32 bits per heavy atom. The van der Waals surface area contributed by atoms with Crippen LogP contribution in [-0.4, -0.2) is 43.6 Å². The SMILES string of the molecule is C=CCc1cc(/C=C(/C#N)C(=O)N2CCN(c3ccccc3)CC2)cc(OCC)c1OCc1ccccc1. The van der Waals surface area contributed by atoms with Crippen molar-refractivity contribution in [2.45, 2.75) is 20.0 Å². The Morgan fingerprint density at radius 1 is 1.00 bits per heavy atom. The van der Waals surface area contributed by atoms with E-state index in [0.29, 0.717) is 49.8 Å². The number of benzene rings is 3. The second kappa shape index (κ2) is 13.2. The first-order chi connectivity index (χ1) is 18.6. The fourth-order valence-corrected chi connectivity index (χ4v) is 4.52. The van der Waals surface area contributed by atoms with E-state index in [1.54, 1.807) is 17.1 Å². The Kier molecular flexibility index (Phi) is 9.20. The van der Waals surface area contributed by atoms with Crippen LogP contribution in [0.2, 0.25) is 0 Å². The molecule has 0 spiro atoms. The monoisotopic (exact) mass is 507 g/mol. The normalized spacial score (nSPS) is 13.5. The molecule has 3 aromatic carbocycles. The van der Waals surface area contributed by atoms with Crippen molar-refractivity contribution in [3.63, 3.8) is 0 Å². The smallest absolute Gasteiger partial charge is 0.264 e. The van der Waals surface area contributed by atoms with Gasteiger partial charge in [0.25, 0.3) is 5.91 Å². The first kappa shape index (κ1) is 26.6. The van der Waals surface area contributed by atoms with Gasteiger partial charge in [-0.2, -0.15) is 5.26 Å². The zero-order valence-corrected chi connectivity index (χ0v) is 21.8. The second-order valence-corrected chi connectivity index (χ2v) is 8.99. The first-order valence-corrected chi connectivity index (χ1v) is 12.9. The number of nitriles is 1. The molecule has 4 rings (SSSR count). The van der Waals surface area contributed by atoms with Gasteiger partial charge in [-0.3, -0.25) is 4.79 Å². The van der Waals surface area contributed by atoms with Crippen LogP contribution in [0, 0.1) is 11.3 Å². The van der Waals surface area contributed by atoms with Crippen LogP contribution in [0.1, 0.15) is 23.6 Å². The molecule has 1 amide bonds. The number of amides is 1. The van der Waals surface area contributed by atoms with E-state index in [4.69, 9.17) is 9.47 Å². The number of para-hydroxylation sites is 1. The van der Waals surface area contributed by atoms with Gasteiger partial charge in [0.05, 0.1) is 6.61 Å². The van der Waals surface area contributed by atoms with Crippen LogP contribution in [0.25, 0.3) is 6.08 Å². The molecule has 0 atom stereocenters. The van der Waals surface area contributed by atoms with Gasteiger partial charge < -0.3 is 19.3 Å². The number of allylic oxidation sites excluding steroid dienone is 1. The van der Waals surface area contributed by atoms with Crippen molar-refractivity contribution in [1.82, 2.24) is 4.90 Å². The Bertz CT molecular complexity index is 1310. The molecule has 0 unspecified atom stereocenters. The van der Waals surface area contributed by atoms with Crippen LogP contribution >= 0.6 is 0 Å². The van der Waals surface area contributed by atoms with Crippen molar-refractivity contribution in [3.8, 4) is 17.6 Å². The molecule has 1 fully saturated rings. The molecule has 1 aliphatic rings. The predicted octanol–water partition coefficient (Wildman–Crippen LogP) is 5.65. The van der Waals surface area contributed by atoms with Crippen LogP contribution in [-0.2, 0) is 17.8 Å². The summed E-state index contributed by atoms with van der Waals surface area (Å²) in [6, 6.07) is 26.0. The summed E-state index contributed by atoms with van der Waals surface area (Å²) in [5, 5.41) is 9.88. The largest absolute Gasteiger partial charge is 0.490 e. The molecule has 1 heterocycles. The van der Waals surface area contributed by atoms with Gasteiger partial charge in [0.15, 0.2) is 11.5 Å². The topological polar surface area (TPSA) is 65.8 Å². The molecule has 38 heavy (non-hydrogen) atoms. The summed E-state index contributed by atoms with van der Waals surface area (Å²) in [6.07, 6.45) is 4.00. The quantitative estimate of drug-likeness (QED) is 0.202. The molecule has 1 aliphatic heterocycles. The summed E-state index contributed by atoms with van der Waals surface area (Å²) >= 11 is 0.